The zero-order valence-corrected chi connectivity index (χ0v) is 16.3. The molecule has 2 aromatic carbocycles. The summed E-state index contributed by atoms with van der Waals surface area (Å²) in [6, 6.07) is 17.4. The average Bonchev–Trinajstić information content (AvgIpc) is 3.09. The zero-order chi connectivity index (χ0) is 19.8. The van der Waals surface area contributed by atoms with Gasteiger partial charge in [0.1, 0.15) is 0 Å². The van der Waals surface area contributed by atoms with E-state index < -0.39 is 0 Å². The van der Waals surface area contributed by atoms with E-state index in [1.807, 2.05) is 6.07 Å². The lowest BCUT2D eigenvalue weighted by Gasteiger charge is -2.16. The van der Waals surface area contributed by atoms with Crippen LogP contribution in [0, 0.1) is 5.92 Å². The van der Waals surface area contributed by atoms with Crippen molar-refractivity contribution in [2.24, 2.45) is 5.92 Å². The maximum absolute atomic E-state index is 12.1. The third-order valence-electron chi connectivity index (χ3n) is 4.90. The van der Waals surface area contributed by atoms with Gasteiger partial charge in [-0.15, -0.1) is 0 Å². The Morgan fingerprint density at radius 2 is 1.79 bits per heavy atom. The topological polar surface area (TPSA) is 73.5 Å². The lowest BCUT2D eigenvalue weighted by molar-refractivity contribution is -0.114. The normalized spacial score (nSPS) is 16.5. The highest BCUT2D eigenvalue weighted by molar-refractivity contribution is 5.92. The van der Waals surface area contributed by atoms with Crippen LogP contribution in [0.5, 0.6) is 0 Å². The van der Waals surface area contributed by atoms with Gasteiger partial charge in [0, 0.05) is 37.9 Å². The predicted octanol–water partition coefficient (Wildman–Crippen LogP) is 3.68. The molecule has 1 saturated heterocycles. The molecule has 1 atom stereocenters. The van der Waals surface area contributed by atoms with Crippen molar-refractivity contribution in [3.05, 3.63) is 60.2 Å². The van der Waals surface area contributed by atoms with E-state index in [4.69, 9.17) is 0 Å². The molecule has 6 heteroatoms. The number of carbonyl (C=O) groups is 2. The average molecular weight is 380 g/mol. The zero-order valence-electron chi connectivity index (χ0n) is 16.3. The predicted molar refractivity (Wildman–Crippen MR) is 112 cm³/mol. The molecule has 0 aliphatic carbocycles. The van der Waals surface area contributed by atoms with E-state index in [1.165, 1.54) is 18.9 Å². The van der Waals surface area contributed by atoms with Gasteiger partial charge in [-0.3, -0.25) is 9.69 Å². The summed E-state index contributed by atoms with van der Waals surface area (Å²) < 4.78 is 0. The number of hydrogen-bond acceptors (Lipinski definition) is 3. The first-order valence-electron chi connectivity index (χ1n) is 9.77. The third kappa shape index (κ3) is 6.39. The van der Waals surface area contributed by atoms with Crippen LogP contribution in [0.15, 0.2) is 54.6 Å². The number of carbonyl (C=O) groups excluding carboxylic acids is 2. The number of nitrogens with zero attached hydrogens (tertiary/aromatic N) is 1. The molecule has 1 aliphatic rings. The van der Waals surface area contributed by atoms with Crippen LogP contribution in [-0.2, 0) is 11.3 Å². The number of urea groups is 1. The van der Waals surface area contributed by atoms with Gasteiger partial charge < -0.3 is 16.0 Å². The van der Waals surface area contributed by atoms with Gasteiger partial charge in [-0.2, -0.15) is 0 Å². The number of rotatable bonds is 7. The third-order valence-corrected chi connectivity index (χ3v) is 4.90. The first-order valence-corrected chi connectivity index (χ1v) is 9.77. The largest absolute Gasteiger partial charge is 0.338 e. The van der Waals surface area contributed by atoms with Crippen LogP contribution in [0.25, 0.3) is 0 Å². The molecule has 3 rings (SSSR count). The van der Waals surface area contributed by atoms with Crippen LogP contribution in [0.4, 0.5) is 16.2 Å². The van der Waals surface area contributed by atoms with Crippen LogP contribution in [-0.4, -0.2) is 36.5 Å². The second kappa shape index (κ2) is 9.90. The maximum atomic E-state index is 12.1. The van der Waals surface area contributed by atoms with Crippen molar-refractivity contribution in [1.29, 1.82) is 0 Å². The Morgan fingerprint density at radius 3 is 2.54 bits per heavy atom. The van der Waals surface area contributed by atoms with E-state index in [0.717, 1.165) is 26.1 Å². The Morgan fingerprint density at radius 1 is 1.04 bits per heavy atom. The van der Waals surface area contributed by atoms with E-state index >= 15 is 0 Å². The Bertz CT molecular complexity index is 794. The minimum atomic E-state index is -0.223. The maximum Gasteiger partial charge on any atom is 0.319 e. The fourth-order valence-electron chi connectivity index (χ4n) is 3.58. The van der Waals surface area contributed by atoms with Crippen molar-refractivity contribution in [2.75, 3.05) is 30.3 Å². The Hall–Kier alpha value is -2.86. The summed E-state index contributed by atoms with van der Waals surface area (Å²) in [4.78, 5) is 25.7. The molecule has 0 bridgehead atoms. The molecular weight excluding hydrogens is 352 g/mol. The molecular formula is C22H28N4O2. The van der Waals surface area contributed by atoms with Gasteiger partial charge in [0.25, 0.3) is 0 Å². The van der Waals surface area contributed by atoms with Crippen molar-refractivity contribution in [2.45, 2.75) is 26.3 Å². The van der Waals surface area contributed by atoms with Gasteiger partial charge in [0.2, 0.25) is 5.91 Å². The molecule has 1 fully saturated rings. The van der Waals surface area contributed by atoms with Gasteiger partial charge in [0.05, 0.1) is 0 Å². The minimum absolute atomic E-state index is 0.139. The first-order chi connectivity index (χ1) is 13.6. The van der Waals surface area contributed by atoms with Gasteiger partial charge in [-0.1, -0.05) is 36.4 Å². The summed E-state index contributed by atoms with van der Waals surface area (Å²) >= 11 is 0. The van der Waals surface area contributed by atoms with Crippen molar-refractivity contribution >= 4 is 23.3 Å². The Kier molecular flexibility index (Phi) is 7.03. The van der Waals surface area contributed by atoms with Crippen LogP contribution in [0.3, 0.4) is 0 Å². The van der Waals surface area contributed by atoms with Crippen molar-refractivity contribution in [1.82, 2.24) is 10.2 Å². The number of benzene rings is 2. The van der Waals surface area contributed by atoms with Crippen molar-refractivity contribution in [3.8, 4) is 0 Å². The molecule has 0 aromatic heterocycles. The first kappa shape index (κ1) is 19.9. The molecule has 148 valence electrons. The lowest BCUT2D eigenvalue weighted by Crippen LogP contribution is -2.31. The fraction of sp³-hybridized carbons (Fsp3) is 0.364. The summed E-state index contributed by atoms with van der Waals surface area (Å²) in [5, 5.41) is 8.44. The van der Waals surface area contributed by atoms with Gasteiger partial charge in [-0.25, -0.2) is 4.79 Å². The van der Waals surface area contributed by atoms with Crippen LogP contribution in [0.2, 0.25) is 0 Å². The molecule has 0 saturated carbocycles. The summed E-state index contributed by atoms with van der Waals surface area (Å²) in [5.41, 5.74) is 2.66. The fourth-order valence-corrected chi connectivity index (χ4v) is 3.58. The number of amides is 3. The second-order valence-electron chi connectivity index (χ2n) is 7.31. The molecule has 0 unspecified atom stereocenters. The second-order valence-corrected chi connectivity index (χ2v) is 7.31. The molecule has 0 radical (unpaired) electrons. The summed E-state index contributed by atoms with van der Waals surface area (Å²) in [7, 11) is 0. The van der Waals surface area contributed by atoms with Gasteiger partial charge in [0.15, 0.2) is 0 Å². The smallest absolute Gasteiger partial charge is 0.319 e. The molecule has 1 heterocycles. The molecule has 3 amide bonds. The molecule has 0 spiro atoms. The molecule has 1 aliphatic heterocycles. The monoisotopic (exact) mass is 380 g/mol. The Balaban J connectivity index is 1.36. The summed E-state index contributed by atoms with van der Waals surface area (Å²) in [5.74, 6) is 0.478. The number of hydrogen-bond donors (Lipinski definition) is 3. The van der Waals surface area contributed by atoms with E-state index in [2.05, 4.69) is 45.1 Å². The summed E-state index contributed by atoms with van der Waals surface area (Å²) in [6.45, 7) is 5.30. The van der Waals surface area contributed by atoms with Crippen LogP contribution in [0.1, 0.15) is 25.3 Å². The summed E-state index contributed by atoms with van der Waals surface area (Å²) in [6.07, 6.45) is 2.15. The quantitative estimate of drug-likeness (QED) is 0.686. The van der Waals surface area contributed by atoms with E-state index in [9.17, 15) is 9.59 Å². The Labute approximate surface area is 166 Å². The van der Waals surface area contributed by atoms with Gasteiger partial charge >= 0.3 is 6.03 Å². The highest BCUT2D eigenvalue weighted by Gasteiger charge is 2.22. The molecule has 6 nitrogen and oxygen atoms in total. The standard InChI is InChI=1S/C22H28N4O2/c1-17(27)24-20-8-5-9-21(14-20)25-22(28)23-12-10-19-11-13-26(16-19)15-18-6-3-2-4-7-18/h2-9,14,19H,10-13,15-16H2,1H3,(H,24,27)(H2,23,25,28)/t19-/m1/s1. The van der Waals surface area contributed by atoms with Gasteiger partial charge in [-0.05, 0) is 49.1 Å². The van der Waals surface area contributed by atoms with E-state index in [-0.39, 0.29) is 11.9 Å². The lowest BCUT2D eigenvalue weighted by atomic mass is 10.1. The number of likely N-dealkylation sites (tertiary alicyclic amines) is 1. The molecule has 28 heavy (non-hydrogen) atoms. The minimum Gasteiger partial charge on any atom is -0.338 e. The SMILES string of the molecule is CC(=O)Nc1cccc(NC(=O)NCC[C@@H]2CCN(Cc3ccccc3)C2)c1. The molecule has 2 aromatic rings. The van der Waals surface area contributed by atoms with Crippen molar-refractivity contribution in [3.63, 3.8) is 0 Å². The van der Waals surface area contributed by atoms with Crippen LogP contribution < -0.4 is 16.0 Å². The number of nitrogens with one attached hydrogen (secondary N) is 3. The van der Waals surface area contributed by atoms with E-state index in [0.29, 0.717) is 23.8 Å². The highest BCUT2D eigenvalue weighted by Crippen LogP contribution is 2.21. The molecule has 3 N–H and O–H groups in total. The van der Waals surface area contributed by atoms with Crippen LogP contribution >= 0.6 is 0 Å². The number of anilines is 2. The van der Waals surface area contributed by atoms with E-state index in [1.54, 1.807) is 24.3 Å². The van der Waals surface area contributed by atoms with Crippen molar-refractivity contribution < 1.29 is 9.59 Å². The highest BCUT2D eigenvalue weighted by atomic mass is 16.2.